The summed E-state index contributed by atoms with van der Waals surface area (Å²) in [5.74, 6) is 1.16. The Kier molecular flexibility index (Phi) is 7.86. The molecule has 0 unspecified atom stereocenters. The van der Waals surface area contributed by atoms with E-state index in [1.807, 2.05) is 69.3 Å². The van der Waals surface area contributed by atoms with E-state index in [0.717, 1.165) is 16.0 Å². The Hall–Kier alpha value is -5.24. The molecule has 5 rings (SSSR count). The lowest BCUT2D eigenvalue weighted by atomic mass is 9.78. The van der Waals surface area contributed by atoms with E-state index in [-0.39, 0.29) is 28.7 Å². The molecule has 3 amide bonds. The number of rotatable bonds is 8. The zero-order chi connectivity index (χ0) is 31.8. The Bertz CT molecular complexity index is 1770. The average Bonchev–Trinajstić information content (AvgIpc) is 3.20. The van der Waals surface area contributed by atoms with Crippen LogP contribution in [0.5, 0.6) is 23.0 Å². The number of nitrogens with one attached hydrogen (secondary N) is 1. The topological polar surface area (TPSA) is 102 Å². The standard InChI is InChI=1S/C36H34N2O6/c1-35(2,3)37-32(40)29-17-15-27(19-22(29)21-39)43-25-11-7-23(8-12-25)36(4,5)24-9-13-26(14-10-24)44-28-16-18-30-31(20-28)34(42)38(6)33(30)41/h7-21H,1-6H3,(H,37,40). The van der Waals surface area contributed by atoms with Crippen molar-refractivity contribution in [3.05, 3.63) is 118 Å². The number of hydrogen-bond donors (Lipinski definition) is 1. The Balaban J connectivity index is 1.26. The predicted molar refractivity (Wildman–Crippen MR) is 167 cm³/mol. The fourth-order valence-electron chi connectivity index (χ4n) is 5.04. The van der Waals surface area contributed by atoms with E-state index in [9.17, 15) is 19.2 Å². The van der Waals surface area contributed by atoms with Gasteiger partial charge in [0.25, 0.3) is 17.7 Å². The van der Waals surface area contributed by atoms with Gasteiger partial charge < -0.3 is 14.8 Å². The highest BCUT2D eigenvalue weighted by Gasteiger charge is 2.33. The molecule has 0 aliphatic carbocycles. The summed E-state index contributed by atoms with van der Waals surface area (Å²) in [6.07, 6.45) is 0.653. The summed E-state index contributed by atoms with van der Waals surface area (Å²) in [5, 5.41) is 2.87. The molecule has 224 valence electrons. The SMILES string of the molecule is CN1C(=O)c2ccc(Oc3ccc(C(C)(C)c4ccc(Oc5ccc(C(=O)NC(C)(C)C)c(C=O)c5)cc4)cc3)cc2C1=O. The molecule has 0 saturated carbocycles. The number of imide groups is 1. The lowest BCUT2D eigenvalue weighted by Crippen LogP contribution is -2.40. The maximum absolute atomic E-state index is 12.6. The van der Waals surface area contributed by atoms with Crippen LogP contribution in [0.4, 0.5) is 0 Å². The zero-order valence-electron chi connectivity index (χ0n) is 25.6. The molecule has 8 heteroatoms. The van der Waals surface area contributed by atoms with E-state index in [1.165, 1.54) is 7.05 Å². The third-order valence-electron chi connectivity index (χ3n) is 7.57. The molecule has 8 nitrogen and oxygen atoms in total. The monoisotopic (exact) mass is 590 g/mol. The Labute approximate surface area is 256 Å². The molecule has 4 aromatic rings. The number of benzene rings is 4. The van der Waals surface area contributed by atoms with Gasteiger partial charge in [-0.2, -0.15) is 0 Å². The van der Waals surface area contributed by atoms with Gasteiger partial charge in [0.15, 0.2) is 6.29 Å². The molecule has 1 aliphatic heterocycles. The summed E-state index contributed by atoms with van der Waals surface area (Å²) in [4.78, 5) is 49.9. The maximum atomic E-state index is 12.6. The Morgan fingerprint density at radius 2 is 1.16 bits per heavy atom. The average molecular weight is 591 g/mol. The molecule has 1 N–H and O–H groups in total. The van der Waals surface area contributed by atoms with Crippen molar-refractivity contribution in [3.8, 4) is 23.0 Å². The van der Waals surface area contributed by atoms with Gasteiger partial charge in [0.05, 0.1) is 16.7 Å². The molecule has 44 heavy (non-hydrogen) atoms. The van der Waals surface area contributed by atoms with Crippen LogP contribution in [0, 0.1) is 0 Å². The van der Waals surface area contributed by atoms with Crippen LogP contribution in [0.2, 0.25) is 0 Å². The summed E-state index contributed by atoms with van der Waals surface area (Å²) in [5.41, 5.74) is 2.62. The van der Waals surface area contributed by atoms with Gasteiger partial charge in [-0.15, -0.1) is 0 Å². The van der Waals surface area contributed by atoms with Crippen LogP contribution in [0.3, 0.4) is 0 Å². The third-order valence-corrected chi connectivity index (χ3v) is 7.57. The van der Waals surface area contributed by atoms with Crippen molar-refractivity contribution >= 4 is 24.0 Å². The van der Waals surface area contributed by atoms with Crippen molar-refractivity contribution < 1.29 is 28.7 Å². The van der Waals surface area contributed by atoms with Crippen LogP contribution in [-0.2, 0) is 5.41 Å². The first-order chi connectivity index (χ1) is 20.8. The zero-order valence-corrected chi connectivity index (χ0v) is 25.6. The predicted octanol–water partition coefficient (Wildman–Crippen LogP) is 7.16. The molecule has 0 atom stereocenters. The molecule has 4 aromatic carbocycles. The van der Waals surface area contributed by atoms with Gasteiger partial charge in [-0.25, -0.2) is 0 Å². The van der Waals surface area contributed by atoms with Crippen molar-refractivity contribution in [2.75, 3.05) is 7.05 Å². The number of carbonyl (C=O) groups excluding carboxylic acids is 4. The minimum Gasteiger partial charge on any atom is -0.457 e. The van der Waals surface area contributed by atoms with Crippen LogP contribution in [0.1, 0.15) is 87.2 Å². The van der Waals surface area contributed by atoms with Crippen LogP contribution in [0.15, 0.2) is 84.9 Å². The number of aldehydes is 1. The quantitative estimate of drug-likeness (QED) is 0.173. The number of carbonyl (C=O) groups is 4. The summed E-state index contributed by atoms with van der Waals surface area (Å²) in [6.45, 7) is 9.88. The molecule has 1 aliphatic rings. The molecular weight excluding hydrogens is 556 g/mol. The van der Waals surface area contributed by atoms with Crippen molar-refractivity contribution in [3.63, 3.8) is 0 Å². The van der Waals surface area contributed by atoms with Crippen molar-refractivity contribution in [2.24, 2.45) is 0 Å². The number of nitrogens with zero attached hydrogens (tertiary/aromatic N) is 1. The van der Waals surface area contributed by atoms with Crippen LogP contribution in [0.25, 0.3) is 0 Å². The van der Waals surface area contributed by atoms with Gasteiger partial charge in [-0.3, -0.25) is 24.1 Å². The van der Waals surface area contributed by atoms with Gasteiger partial charge in [0, 0.05) is 23.6 Å². The molecule has 1 heterocycles. The van der Waals surface area contributed by atoms with Gasteiger partial charge in [0.2, 0.25) is 0 Å². The second-order valence-electron chi connectivity index (χ2n) is 12.3. The smallest absolute Gasteiger partial charge is 0.261 e. The van der Waals surface area contributed by atoms with E-state index < -0.39 is 5.54 Å². The van der Waals surface area contributed by atoms with Gasteiger partial charge in [0.1, 0.15) is 23.0 Å². The van der Waals surface area contributed by atoms with E-state index in [0.29, 0.717) is 46.0 Å². The van der Waals surface area contributed by atoms with Crippen LogP contribution < -0.4 is 14.8 Å². The summed E-state index contributed by atoms with van der Waals surface area (Å²) in [7, 11) is 1.46. The fraction of sp³-hybridized carbons (Fsp3) is 0.222. The third kappa shape index (κ3) is 6.10. The fourth-order valence-corrected chi connectivity index (χ4v) is 5.04. The molecule has 0 saturated heterocycles. The Morgan fingerprint density at radius 1 is 0.682 bits per heavy atom. The first-order valence-corrected chi connectivity index (χ1v) is 14.2. The normalized spacial score (nSPS) is 13.0. The first kappa shape index (κ1) is 30.2. The molecular formula is C36H34N2O6. The lowest BCUT2D eigenvalue weighted by Gasteiger charge is -2.26. The van der Waals surface area contributed by atoms with E-state index in [4.69, 9.17) is 9.47 Å². The van der Waals surface area contributed by atoms with Crippen molar-refractivity contribution in [1.29, 1.82) is 0 Å². The second-order valence-corrected chi connectivity index (χ2v) is 12.3. The largest absolute Gasteiger partial charge is 0.457 e. The maximum Gasteiger partial charge on any atom is 0.261 e. The highest BCUT2D eigenvalue weighted by molar-refractivity contribution is 6.21. The molecule has 0 spiro atoms. The van der Waals surface area contributed by atoms with E-state index in [1.54, 1.807) is 36.4 Å². The van der Waals surface area contributed by atoms with Crippen molar-refractivity contribution in [1.82, 2.24) is 10.2 Å². The number of fused-ring (bicyclic) bond motifs is 1. The molecule has 0 radical (unpaired) electrons. The summed E-state index contributed by atoms with van der Waals surface area (Å²) in [6, 6.07) is 25.2. The number of ether oxygens (including phenoxy) is 2. The van der Waals surface area contributed by atoms with Gasteiger partial charge in [-0.1, -0.05) is 38.1 Å². The number of amides is 3. The molecule has 0 fully saturated rings. The minimum absolute atomic E-state index is 0.252. The molecule has 0 aromatic heterocycles. The second kappa shape index (κ2) is 11.4. The highest BCUT2D eigenvalue weighted by Crippen LogP contribution is 2.35. The van der Waals surface area contributed by atoms with Crippen LogP contribution in [-0.4, -0.2) is 41.5 Å². The summed E-state index contributed by atoms with van der Waals surface area (Å²) >= 11 is 0. The Morgan fingerprint density at radius 3 is 1.68 bits per heavy atom. The first-order valence-electron chi connectivity index (χ1n) is 14.2. The van der Waals surface area contributed by atoms with E-state index in [2.05, 4.69) is 19.2 Å². The summed E-state index contributed by atoms with van der Waals surface area (Å²) < 4.78 is 12.0. The minimum atomic E-state index is -0.427. The van der Waals surface area contributed by atoms with E-state index >= 15 is 0 Å². The number of hydrogen-bond acceptors (Lipinski definition) is 6. The van der Waals surface area contributed by atoms with Gasteiger partial charge in [-0.05, 0) is 92.6 Å². The lowest BCUT2D eigenvalue weighted by molar-refractivity contribution is 0.0692. The van der Waals surface area contributed by atoms with Gasteiger partial charge >= 0.3 is 0 Å². The highest BCUT2D eigenvalue weighted by atomic mass is 16.5. The van der Waals surface area contributed by atoms with Crippen LogP contribution >= 0.6 is 0 Å². The van der Waals surface area contributed by atoms with Crippen molar-refractivity contribution in [2.45, 2.75) is 45.6 Å². The molecule has 0 bridgehead atoms.